The number of para-hydroxylation sites is 1. The van der Waals surface area contributed by atoms with Gasteiger partial charge in [0.25, 0.3) is 0 Å². The van der Waals surface area contributed by atoms with Crippen LogP contribution < -0.4 is 59.7 Å². The average Bonchev–Trinajstić information content (AvgIpc) is 3.43. The van der Waals surface area contributed by atoms with Crippen LogP contribution in [-0.2, 0) is 67.2 Å². The summed E-state index contributed by atoms with van der Waals surface area (Å²) in [7, 11) is 0. The highest BCUT2D eigenvalue weighted by Gasteiger charge is 2.40. The normalized spacial score (nSPS) is 15.8. The first-order chi connectivity index (χ1) is 42.7. The molecule has 2 aromatic carbocycles. The van der Waals surface area contributed by atoms with Crippen LogP contribution in [0.5, 0.6) is 5.75 Å². The number of guanidine groups is 1. The molecule has 0 bridgehead atoms. The molecule has 2 aromatic heterocycles. The molecule has 19 N–H and O–H groups in total. The number of aromatic hydroxyl groups is 1. The SMILES string of the molecule is CCNC(=O)[C@@H]1CCCN1C(=O)[C@H](CCCN=C(N)N)NC(=O)[C@H](CSC(C)(C)C)NC(=O)[C@@H](CC(C)C)NC(=O)[C@H](Cc1ccc(O)cc1)NC(=O)[C@H](CO)NC(=O)[C@H](Cc1c[nH]c2ccccc12)NC(=O)[C@H](Cc1cnc[nH]1)NC(=O)[C@@H](N)CCC(=O)O. The van der Waals surface area contributed by atoms with Gasteiger partial charge in [0.2, 0.25) is 53.2 Å². The minimum atomic E-state index is -1.79. The zero-order valence-corrected chi connectivity index (χ0v) is 52.5. The highest BCUT2D eigenvalue weighted by molar-refractivity contribution is 8.00. The molecule has 0 spiro atoms. The first-order valence-electron chi connectivity index (χ1n) is 29.9. The van der Waals surface area contributed by atoms with Crippen molar-refractivity contribution in [2.75, 3.05) is 32.0 Å². The number of carboxylic acids is 1. The van der Waals surface area contributed by atoms with E-state index in [9.17, 15) is 63.3 Å². The minimum absolute atomic E-state index is 0.0108. The summed E-state index contributed by atoms with van der Waals surface area (Å²) in [4.78, 5) is 155. The average molecular weight is 1270 g/mol. The summed E-state index contributed by atoms with van der Waals surface area (Å²) >= 11 is 1.35. The molecule has 9 atom stereocenters. The second-order valence-corrected chi connectivity index (χ2v) is 25.3. The quantitative estimate of drug-likeness (QED) is 0.0149. The second kappa shape index (κ2) is 34.8. The summed E-state index contributed by atoms with van der Waals surface area (Å²) in [5, 5.41) is 52.3. The van der Waals surface area contributed by atoms with Crippen molar-refractivity contribution in [2.45, 2.75) is 165 Å². The number of nitrogens with one attached hydrogen (secondary N) is 10. The maximum Gasteiger partial charge on any atom is 0.303 e. The van der Waals surface area contributed by atoms with Crippen LogP contribution in [-0.4, -0.2) is 191 Å². The van der Waals surface area contributed by atoms with Crippen LogP contribution >= 0.6 is 11.8 Å². The molecule has 492 valence electrons. The Kier molecular flexibility index (Phi) is 27.9. The zero-order chi connectivity index (χ0) is 66.2. The van der Waals surface area contributed by atoms with Gasteiger partial charge >= 0.3 is 5.97 Å². The lowest BCUT2D eigenvalue weighted by atomic mass is 10.0. The number of nitrogens with two attached hydrogens (primary N) is 3. The van der Waals surface area contributed by atoms with Crippen LogP contribution in [0.3, 0.4) is 0 Å². The largest absolute Gasteiger partial charge is 0.508 e. The maximum absolute atomic E-state index is 14.8. The van der Waals surface area contributed by atoms with Gasteiger partial charge in [0.1, 0.15) is 54.1 Å². The highest BCUT2D eigenvalue weighted by atomic mass is 32.2. The standard InChI is InChI=1S/C60H88N16O13S/c1-7-65-57(88)48-15-11-23-76(48)58(89)41(14-10-22-66-59(62)63)69-56(87)47(31-90-60(4,5)6)75-51(82)42(24-33(2)3)71-52(83)43(25-34-16-18-37(78)19-17-34)72-55(86)46(30-77)74-53(84)44(26-35-28-67-40-13-9-8-12-38(35)40)73-54(85)45(27-36-29-64-32-68-36)70-50(81)39(61)20-21-49(79)80/h8-9,12-13,16-19,28-29,32-33,39,41-48,67,77-78H,7,10-11,14-15,20-27,30-31,61H2,1-6H3,(H,64,68)(H,65,88)(H,69,87)(H,70,81)(H,71,83)(H,72,86)(H,73,85)(H,74,84)(H,75,82)(H,79,80)(H4,62,63,66)/t39-,41-,42+,43-,44-,45-,46-,47-,48-/m0/s1. The number of hydrogen-bond donors (Lipinski definition) is 16. The van der Waals surface area contributed by atoms with Crippen LogP contribution in [0, 0.1) is 5.92 Å². The van der Waals surface area contributed by atoms with Gasteiger partial charge in [-0.05, 0) is 80.7 Å². The van der Waals surface area contributed by atoms with E-state index in [1.165, 1.54) is 53.5 Å². The van der Waals surface area contributed by atoms with Gasteiger partial charge in [0, 0.05) is 84.8 Å². The van der Waals surface area contributed by atoms with E-state index >= 15 is 0 Å². The third-order valence-electron chi connectivity index (χ3n) is 14.6. The van der Waals surface area contributed by atoms with E-state index in [4.69, 9.17) is 17.2 Å². The number of rotatable bonds is 35. The van der Waals surface area contributed by atoms with Gasteiger partial charge in [-0.25, -0.2) is 4.98 Å². The summed E-state index contributed by atoms with van der Waals surface area (Å²) in [5.74, 6) is -8.74. The monoisotopic (exact) mass is 1270 g/mol. The van der Waals surface area contributed by atoms with Gasteiger partial charge in [-0.1, -0.05) is 65.0 Å². The number of carbonyl (C=O) groups is 10. The van der Waals surface area contributed by atoms with Crippen molar-refractivity contribution in [3.05, 3.63) is 84.1 Å². The molecule has 29 nitrogen and oxygen atoms in total. The molecule has 0 aliphatic carbocycles. The number of aromatic amines is 2. The molecule has 3 heterocycles. The van der Waals surface area contributed by atoms with E-state index in [0.29, 0.717) is 47.1 Å². The summed E-state index contributed by atoms with van der Waals surface area (Å²) in [6.07, 6.45) is 4.36. The van der Waals surface area contributed by atoms with Gasteiger partial charge in [0.15, 0.2) is 5.96 Å². The number of aliphatic hydroxyl groups excluding tert-OH is 1. The molecule has 0 unspecified atom stereocenters. The predicted octanol–water partition coefficient (Wildman–Crippen LogP) is -1.04. The van der Waals surface area contributed by atoms with Crippen molar-refractivity contribution in [1.82, 2.24) is 62.4 Å². The molecule has 1 saturated heterocycles. The van der Waals surface area contributed by atoms with Crippen molar-refractivity contribution >= 4 is 87.8 Å². The Morgan fingerprint density at radius 3 is 1.93 bits per heavy atom. The number of hydrogen-bond acceptors (Lipinski definition) is 16. The number of likely N-dealkylation sites (tertiary alicyclic amines) is 1. The molecule has 1 fully saturated rings. The molecule has 30 heteroatoms. The zero-order valence-electron chi connectivity index (χ0n) is 51.6. The minimum Gasteiger partial charge on any atom is -0.508 e. The number of amides is 9. The van der Waals surface area contributed by atoms with Gasteiger partial charge in [-0.3, -0.25) is 52.9 Å². The van der Waals surface area contributed by atoms with Gasteiger partial charge in [-0.15, -0.1) is 0 Å². The molecule has 5 rings (SSSR count). The Morgan fingerprint density at radius 2 is 1.32 bits per heavy atom. The van der Waals surface area contributed by atoms with E-state index in [-0.39, 0.29) is 87.3 Å². The first-order valence-corrected chi connectivity index (χ1v) is 30.9. The van der Waals surface area contributed by atoms with E-state index in [1.807, 2.05) is 20.8 Å². The molecule has 9 amide bonds. The number of benzene rings is 2. The van der Waals surface area contributed by atoms with Crippen LogP contribution in [0.15, 0.2) is 72.2 Å². The van der Waals surface area contributed by atoms with Crippen LogP contribution in [0.4, 0.5) is 0 Å². The maximum atomic E-state index is 14.8. The summed E-state index contributed by atoms with van der Waals surface area (Å²) in [6.45, 7) is 10.8. The van der Waals surface area contributed by atoms with Crippen LogP contribution in [0.2, 0.25) is 0 Å². The molecule has 0 radical (unpaired) electrons. The number of thioether (sulfide) groups is 1. The van der Waals surface area contributed by atoms with Crippen LogP contribution in [0.1, 0.15) is 103 Å². The molecule has 0 saturated carbocycles. The number of likely N-dealkylation sites (N-methyl/N-ethyl adjacent to an activating group) is 1. The van der Waals surface area contributed by atoms with E-state index in [1.54, 1.807) is 51.2 Å². The van der Waals surface area contributed by atoms with Crippen molar-refractivity contribution in [2.24, 2.45) is 28.1 Å². The predicted molar refractivity (Wildman–Crippen MR) is 337 cm³/mol. The fourth-order valence-electron chi connectivity index (χ4n) is 9.92. The fourth-order valence-corrected chi connectivity index (χ4v) is 10.8. The topological polar surface area (TPSA) is 466 Å². The van der Waals surface area contributed by atoms with Gasteiger partial charge < -0.3 is 89.9 Å². The number of aliphatic carboxylic acids is 1. The second-order valence-electron chi connectivity index (χ2n) is 23.5. The summed E-state index contributed by atoms with van der Waals surface area (Å²) < 4.78 is -0.429. The van der Waals surface area contributed by atoms with E-state index in [2.05, 4.69) is 62.5 Å². The number of aromatic nitrogens is 3. The molecule has 1 aliphatic heterocycles. The Morgan fingerprint density at radius 1 is 0.744 bits per heavy atom. The lowest BCUT2D eigenvalue weighted by molar-refractivity contribution is -0.142. The third-order valence-corrected chi connectivity index (χ3v) is 15.9. The van der Waals surface area contributed by atoms with Crippen molar-refractivity contribution in [1.29, 1.82) is 0 Å². The Balaban J connectivity index is 1.41. The number of imidazole rings is 1. The Bertz CT molecular complexity index is 3110. The third kappa shape index (κ3) is 23.0. The number of carboxylic acid groups (broad SMARTS) is 1. The number of aliphatic hydroxyl groups is 1. The van der Waals surface area contributed by atoms with Gasteiger partial charge in [0.05, 0.1) is 19.0 Å². The molecule has 1 aliphatic rings. The fraction of sp³-hybridized carbons (Fsp3) is 0.533. The lowest BCUT2D eigenvalue weighted by Gasteiger charge is -2.31. The molecule has 4 aromatic rings. The number of phenols is 1. The van der Waals surface area contributed by atoms with Gasteiger partial charge in [-0.2, -0.15) is 11.8 Å². The van der Waals surface area contributed by atoms with E-state index < -0.39 is 125 Å². The smallest absolute Gasteiger partial charge is 0.303 e. The first kappa shape index (κ1) is 72.0. The van der Waals surface area contributed by atoms with Crippen molar-refractivity contribution in [3.63, 3.8) is 0 Å². The number of carbonyl (C=O) groups excluding carboxylic acids is 9. The summed E-state index contributed by atoms with van der Waals surface area (Å²) in [6, 6.07) is 0.667. The Hall–Kier alpha value is -8.77. The molecular weight excluding hydrogens is 1180 g/mol. The molecule has 90 heavy (non-hydrogen) atoms. The number of aliphatic imine (C=N–C) groups is 1. The van der Waals surface area contributed by atoms with Crippen molar-refractivity contribution < 1.29 is 63.3 Å². The van der Waals surface area contributed by atoms with Crippen LogP contribution in [0.25, 0.3) is 10.9 Å². The van der Waals surface area contributed by atoms with E-state index in [0.717, 1.165) is 0 Å². The number of H-pyrrole nitrogens is 2. The number of nitrogens with zero attached hydrogens (tertiary/aromatic N) is 3. The summed E-state index contributed by atoms with van der Waals surface area (Å²) in [5.41, 5.74) is 19.2. The number of phenolic OH excluding ortho intramolecular Hbond substituents is 1. The van der Waals surface area contributed by atoms with Crippen molar-refractivity contribution in [3.8, 4) is 5.75 Å². The molecular formula is C60H88N16O13S. The lowest BCUT2D eigenvalue weighted by Crippen LogP contribution is -2.61. The number of fused-ring (bicyclic) bond motifs is 1. The highest BCUT2D eigenvalue weighted by Crippen LogP contribution is 2.25. The Labute approximate surface area is 526 Å².